The average Bonchev–Trinajstić information content (AvgIpc) is 2.19. The Hall–Kier alpha value is -0.850. The van der Waals surface area contributed by atoms with E-state index in [1.807, 2.05) is 31.3 Å². The van der Waals surface area contributed by atoms with Crippen molar-refractivity contribution in [3.8, 4) is 6.07 Å². The molecule has 80 valence electrons. The molecule has 0 aliphatic rings. The number of nitrogens with zero attached hydrogens (tertiary/aromatic N) is 2. The van der Waals surface area contributed by atoms with Gasteiger partial charge in [-0.05, 0) is 37.7 Å². The molecule has 0 aromatic heterocycles. The summed E-state index contributed by atoms with van der Waals surface area (Å²) >= 11 is 3.42. The fourth-order valence-electron chi connectivity index (χ4n) is 1.59. The van der Waals surface area contributed by atoms with Crippen molar-refractivity contribution < 1.29 is 0 Å². The molecule has 1 rings (SSSR count). The molecule has 0 heterocycles. The lowest BCUT2D eigenvalue weighted by Gasteiger charge is -2.22. The second-order valence-electron chi connectivity index (χ2n) is 3.57. The van der Waals surface area contributed by atoms with Gasteiger partial charge in [-0.15, -0.1) is 0 Å². The highest BCUT2D eigenvalue weighted by Gasteiger charge is 2.15. The lowest BCUT2D eigenvalue weighted by Crippen LogP contribution is -2.24. The van der Waals surface area contributed by atoms with E-state index in [-0.39, 0.29) is 6.04 Å². The summed E-state index contributed by atoms with van der Waals surface area (Å²) in [6.45, 7) is 3.05. The van der Waals surface area contributed by atoms with E-state index in [1.165, 1.54) is 0 Å². The fourth-order valence-corrected chi connectivity index (χ4v) is 2.00. The third-order valence-corrected chi connectivity index (χ3v) is 2.80. The van der Waals surface area contributed by atoms with Crippen LogP contribution in [0, 0.1) is 11.3 Å². The number of nitriles is 1. The van der Waals surface area contributed by atoms with E-state index >= 15 is 0 Å². The minimum Gasteiger partial charge on any atom is -0.287 e. The Morgan fingerprint density at radius 3 is 2.80 bits per heavy atom. The molecule has 1 aromatic rings. The van der Waals surface area contributed by atoms with Crippen LogP contribution in [0.2, 0.25) is 0 Å². The van der Waals surface area contributed by atoms with Gasteiger partial charge in [0, 0.05) is 4.47 Å². The largest absolute Gasteiger partial charge is 0.287 e. The van der Waals surface area contributed by atoms with Gasteiger partial charge in [0.05, 0.1) is 6.07 Å². The summed E-state index contributed by atoms with van der Waals surface area (Å²) in [4.78, 5) is 2.07. The van der Waals surface area contributed by atoms with Crippen LogP contribution in [0.1, 0.15) is 24.9 Å². The van der Waals surface area contributed by atoms with Crippen LogP contribution in [0.5, 0.6) is 0 Å². The van der Waals surface area contributed by atoms with Gasteiger partial charge in [-0.25, -0.2) is 0 Å². The van der Waals surface area contributed by atoms with Crippen LogP contribution in [0.4, 0.5) is 0 Å². The van der Waals surface area contributed by atoms with Crippen LogP contribution in [0.25, 0.3) is 0 Å². The maximum absolute atomic E-state index is 9.16. The van der Waals surface area contributed by atoms with Crippen molar-refractivity contribution in [3.05, 3.63) is 34.3 Å². The Balaban J connectivity index is 2.88. The van der Waals surface area contributed by atoms with Crippen LogP contribution in [-0.4, -0.2) is 18.5 Å². The van der Waals surface area contributed by atoms with Gasteiger partial charge in [-0.3, -0.25) is 4.90 Å². The van der Waals surface area contributed by atoms with Crippen molar-refractivity contribution in [1.29, 1.82) is 5.26 Å². The van der Waals surface area contributed by atoms with Gasteiger partial charge < -0.3 is 0 Å². The van der Waals surface area contributed by atoms with E-state index in [9.17, 15) is 0 Å². The second kappa shape index (κ2) is 5.89. The molecular formula is C12H15BrN2. The topological polar surface area (TPSA) is 27.0 Å². The molecule has 0 radical (unpaired) electrons. The third-order valence-electron chi connectivity index (χ3n) is 2.30. The molecule has 0 amide bonds. The lowest BCUT2D eigenvalue weighted by molar-refractivity contribution is 0.292. The summed E-state index contributed by atoms with van der Waals surface area (Å²) in [6.07, 6.45) is 1.06. The molecule has 0 spiro atoms. The lowest BCUT2D eigenvalue weighted by atomic mass is 10.1. The molecule has 2 nitrogen and oxygen atoms in total. The Morgan fingerprint density at radius 2 is 2.27 bits per heavy atom. The van der Waals surface area contributed by atoms with Crippen molar-refractivity contribution in [2.24, 2.45) is 0 Å². The number of benzene rings is 1. The van der Waals surface area contributed by atoms with Crippen molar-refractivity contribution >= 4 is 15.9 Å². The van der Waals surface area contributed by atoms with Crippen LogP contribution < -0.4 is 0 Å². The first-order chi connectivity index (χ1) is 7.19. The predicted octanol–water partition coefficient (Wildman–Crippen LogP) is 3.36. The monoisotopic (exact) mass is 266 g/mol. The zero-order chi connectivity index (χ0) is 11.3. The van der Waals surface area contributed by atoms with Gasteiger partial charge in [0.2, 0.25) is 0 Å². The fraction of sp³-hybridized carbons (Fsp3) is 0.417. The van der Waals surface area contributed by atoms with E-state index in [1.54, 1.807) is 0 Å². The van der Waals surface area contributed by atoms with Crippen molar-refractivity contribution in [1.82, 2.24) is 4.90 Å². The molecule has 3 heteroatoms. The molecule has 0 saturated heterocycles. The van der Waals surface area contributed by atoms with Crippen molar-refractivity contribution in [2.45, 2.75) is 19.4 Å². The number of rotatable bonds is 4. The summed E-state index contributed by atoms with van der Waals surface area (Å²) in [5, 5.41) is 9.16. The van der Waals surface area contributed by atoms with Gasteiger partial charge in [0.25, 0.3) is 0 Å². The van der Waals surface area contributed by atoms with E-state index in [4.69, 9.17) is 5.26 Å². The van der Waals surface area contributed by atoms with Crippen LogP contribution >= 0.6 is 15.9 Å². The molecule has 1 atom stereocenters. The third kappa shape index (κ3) is 3.33. The maximum atomic E-state index is 9.16. The molecule has 1 aromatic carbocycles. The number of halogens is 1. The van der Waals surface area contributed by atoms with Gasteiger partial charge in [0.1, 0.15) is 6.04 Å². The summed E-state index contributed by atoms with van der Waals surface area (Å²) < 4.78 is 1.02. The number of hydrogen-bond acceptors (Lipinski definition) is 2. The van der Waals surface area contributed by atoms with Gasteiger partial charge in [-0.1, -0.05) is 35.0 Å². The SMILES string of the molecule is CCCN(C)C(C#N)c1cccc(Br)c1. The zero-order valence-electron chi connectivity index (χ0n) is 9.07. The van der Waals surface area contributed by atoms with Gasteiger partial charge in [-0.2, -0.15) is 5.26 Å². The second-order valence-corrected chi connectivity index (χ2v) is 4.48. The first kappa shape index (κ1) is 12.2. The standard InChI is InChI=1S/C12H15BrN2/c1-3-7-15(2)12(9-14)10-5-4-6-11(13)8-10/h4-6,8,12H,3,7H2,1-2H3. The molecule has 0 aliphatic heterocycles. The summed E-state index contributed by atoms with van der Waals surface area (Å²) in [6, 6.07) is 10.1. The Kier molecular flexibility index (Phi) is 4.80. The molecule has 0 N–H and O–H groups in total. The predicted molar refractivity (Wildman–Crippen MR) is 65.4 cm³/mol. The van der Waals surface area contributed by atoms with E-state index < -0.39 is 0 Å². The Morgan fingerprint density at radius 1 is 1.53 bits per heavy atom. The molecule has 0 fully saturated rings. The van der Waals surface area contributed by atoms with Crippen molar-refractivity contribution in [2.75, 3.05) is 13.6 Å². The zero-order valence-corrected chi connectivity index (χ0v) is 10.7. The Labute approximate surface area is 99.6 Å². The highest BCUT2D eigenvalue weighted by molar-refractivity contribution is 9.10. The first-order valence-electron chi connectivity index (χ1n) is 5.04. The van der Waals surface area contributed by atoms with Crippen molar-refractivity contribution in [3.63, 3.8) is 0 Å². The smallest absolute Gasteiger partial charge is 0.123 e. The van der Waals surface area contributed by atoms with E-state index in [2.05, 4.69) is 33.8 Å². The molecule has 0 bridgehead atoms. The molecule has 1 unspecified atom stereocenters. The quantitative estimate of drug-likeness (QED) is 0.836. The van der Waals surface area contributed by atoms with Crippen LogP contribution in [-0.2, 0) is 0 Å². The van der Waals surface area contributed by atoms with Gasteiger partial charge in [0.15, 0.2) is 0 Å². The normalized spacial score (nSPS) is 12.5. The average molecular weight is 267 g/mol. The highest BCUT2D eigenvalue weighted by Crippen LogP contribution is 2.21. The molecule has 15 heavy (non-hydrogen) atoms. The Bertz CT molecular complexity index is 357. The van der Waals surface area contributed by atoms with Crippen LogP contribution in [0.15, 0.2) is 28.7 Å². The highest BCUT2D eigenvalue weighted by atomic mass is 79.9. The summed E-state index contributed by atoms with van der Waals surface area (Å²) in [7, 11) is 1.98. The van der Waals surface area contributed by atoms with Gasteiger partial charge >= 0.3 is 0 Å². The maximum Gasteiger partial charge on any atom is 0.123 e. The van der Waals surface area contributed by atoms with E-state index in [0.717, 1.165) is 23.0 Å². The molecule has 0 saturated carbocycles. The summed E-state index contributed by atoms with van der Waals surface area (Å²) in [5.74, 6) is 0. The van der Waals surface area contributed by atoms with Crippen LogP contribution in [0.3, 0.4) is 0 Å². The first-order valence-corrected chi connectivity index (χ1v) is 5.83. The molecular weight excluding hydrogens is 252 g/mol. The molecule has 0 aliphatic carbocycles. The van der Waals surface area contributed by atoms with E-state index in [0.29, 0.717) is 0 Å². The summed E-state index contributed by atoms with van der Waals surface area (Å²) in [5.41, 5.74) is 1.04. The number of hydrogen-bond donors (Lipinski definition) is 0. The minimum absolute atomic E-state index is 0.151. The minimum atomic E-state index is -0.151.